The van der Waals surface area contributed by atoms with E-state index in [-0.39, 0.29) is 6.04 Å². The number of hydrogen-bond donors (Lipinski definition) is 1. The zero-order chi connectivity index (χ0) is 11.4. The summed E-state index contributed by atoms with van der Waals surface area (Å²) in [5.74, 6) is 1.79. The lowest BCUT2D eigenvalue weighted by Gasteiger charge is -2.28. The van der Waals surface area contributed by atoms with Gasteiger partial charge in [-0.1, -0.05) is 62.9 Å². The maximum absolute atomic E-state index is 6.26. The third-order valence-electron chi connectivity index (χ3n) is 3.95. The van der Waals surface area contributed by atoms with Crippen LogP contribution in [-0.2, 0) is 0 Å². The molecule has 1 aliphatic rings. The lowest BCUT2D eigenvalue weighted by Crippen LogP contribution is -2.19. The molecule has 1 nitrogen and oxygen atoms in total. The molecule has 2 rings (SSSR count). The summed E-state index contributed by atoms with van der Waals surface area (Å²) >= 11 is 0. The fourth-order valence-corrected chi connectivity index (χ4v) is 2.76. The standard InChI is InChI=1S/C15H23N/c1-12-7-9-13(10-8-12)11-15(16)14-5-3-2-4-6-14/h2-6,12-13,15H,7-11,16H2,1H3. The van der Waals surface area contributed by atoms with Crippen molar-refractivity contribution < 1.29 is 0 Å². The Morgan fingerprint density at radius 3 is 2.38 bits per heavy atom. The summed E-state index contributed by atoms with van der Waals surface area (Å²) in [6.07, 6.45) is 6.71. The van der Waals surface area contributed by atoms with Crippen molar-refractivity contribution in [3.05, 3.63) is 35.9 Å². The summed E-state index contributed by atoms with van der Waals surface area (Å²) in [6.45, 7) is 2.37. The van der Waals surface area contributed by atoms with E-state index >= 15 is 0 Å². The molecule has 0 aromatic heterocycles. The summed E-state index contributed by atoms with van der Waals surface area (Å²) in [6, 6.07) is 10.8. The summed E-state index contributed by atoms with van der Waals surface area (Å²) in [5, 5.41) is 0. The average molecular weight is 217 g/mol. The van der Waals surface area contributed by atoms with E-state index in [0.29, 0.717) is 0 Å². The van der Waals surface area contributed by atoms with E-state index < -0.39 is 0 Å². The third kappa shape index (κ3) is 3.08. The normalized spacial score (nSPS) is 27.6. The molecule has 1 saturated carbocycles. The van der Waals surface area contributed by atoms with E-state index in [9.17, 15) is 0 Å². The molecule has 0 aliphatic heterocycles. The molecule has 0 heterocycles. The first-order valence-corrected chi connectivity index (χ1v) is 6.56. The Morgan fingerprint density at radius 1 is 1.12 bits per heavy atom. The van der Waals surface area contributed by atoms with Crippen molar-refractivity contribution >= 4 is 0 Å². The Labute approximate surface area is 99.0 Å². The summed E-state index contributed by atoms with van der Waals surface area (Å²) in [7, 11) is 0. The molecule has 1 unspecified atom stereocenters. The van der Waals surface area contributed by atoms with Gasteiger partial charge in [0.25, 0.3) is 0 Å². The Morgan fingerprint density at radius 2 is 1.75 bits per heavy atom. The van der Waals surface area contributed by atoms with Gasteiger partial charge in [-0.05, 0) is 23.8 Å². The van der Waals surface area contributed by atoms with Gasteiger partial charge < -0.3 is 5.73 Å². The summed E-state index contributed by atoms with van der Waals surface area (Å²) in [5.41, 5.74) is 7.55. The minimum atomic E-state index is 0.236. The molecule has 1 aromatic carbocycles. The number of hydrogen-bond acceptors (Lipinski definition) is 1. The maximum atomic E-state index is 6.26. The van der Waals surface area contributed by atoms with Crippen molar-refractivity contribution in [2.24, 2.45) is 17.6 Å². The van der Waals surface area contributed by atoms with Crippen LogP contribution in [0.25, 0.3) is 0 Å². The van der Waals surface area contributed by atoms with Crippen molar-refractivity contribution in [3.8, 4) is 0 Å². The lowest BCUT2D eigenvalue weighted by atomic mass is 9.79. The van der Waals surface area contributed by atoms with E-state index in [1.165, 1.54) is 31.2 Å². The van der Waals surface area contributed by atoms with Gasteiger partial charge in [-0.2, -0.15) is 0 Å². The molecule has 0 spiro atoms. The van der Waals surface area contributed by atoms with E-state index in [1.807, 2.05) is 0 Å². The van der Waals surface area contributed by atoms with E-state index in [0.717, 1.165) is 18.3 Å². The highest BCUT2D eigenvalue weighted by atomic mass is 14.6. The molecule has 1 fully saturated rings. The van der Waals surface area contributed by atoms with Crippen LogP contribution in [0.15, 0.2) is 30.3 Å². The van der Waals surface area contributed by atoms with E-state index in [1.54, 1.807) is 0 Å². The Hall–Kier alpha value is -0.820. The second-order valence-corrected chi connectivity index (χ2v) is 5.38. The van der Waals surface area contributed by atoms with E-state index in [2.05, 4.69) is 37.3 Å². The molecule has 16 heavy (non-hydrogen) atoms. The van der Waals surface area contributed by atoms with Crippen LogP contribution < -0.4 is 5.73 Å². The fourth-order valence-electron chi connectivity index (χ4n) is 2.76. The van der Waals surface area contributed by atoms with Crippen LogP contribution in [0, 0.1) is 11.8 Å². The topological polar surface area (TPSA) is 26.0 Å². The zero-order valence-electron chi connectivity index (χ0n) is 10.2. The van der Waals surface area contributed by atoms with Crippen molar-refractivity contribution in [1.82, 2.24) is 0 Å². The van der Waals surface area contributed by atoms with Crippen LogP contribution in [0.3, 0.4) is 0 Å². The Balaban J connectivity index is 1.86. The van der Waals surface area contributed by atoms with Crippen LogP contribution >= 0.6 is 0 Å². The molecule has 1 aliphatic carbocycles. The second-order valence-electron chi connectivity index (χ2n) is 5.38. The molecule has 1 heteroatoms. The molecule has 2 N–H and O–H groups in total. The van der Waals surface area contributed by atoms with Gasteiger partial charge in [-0.3, -0.25) is 0 Å². The first-order valence-electron chi connectivity index (χ1n) is 6.56. The van der Waals surface area contributed by atoms with E-state index in [4.69, 9.17) is 5.73 Å². The number of rotatable bonds is 3. The average Bonchev–Trinajstić information content (AvgIpc) is 2.33. The zero-order valence-corrected chi connectivity index (χ0v) is 10.2. The van der Waals surface area contributed by atoms with Gasteiger partial charge in [0.15, 0.2) is 0 Å². The number of benzene rings is 1. The van der Waals surface area contributed by atoms with Crippen molar-refractivity contribution in [2.75, 3.05) is 0 Å². The van der Waals surface area contributed by atoms with Gasteiger partial charge in [-0.25, -0.2) is 0 Å². The predicted octanol–water partition coefficient (Wildman–Crippen LogP) is 3.90. The first-order chi connectivity index (χ1) is 7.75. The van der Waals surface area contributed by atoms with Crippen LogP contribution in [0.4, 0.5) is 0 Å². The molecule has 0 bridgehead atoms. The van der Waals surface area contributed by atoms with Gasteiger partial charge in [0, 0.05) is 6.04 Å². The highest BCUT2D eigenvalue weighted by molar-refractivity contribution is 5.18. The quantitative estimate of drug-likeness (QED) is 0.816. The molecule has 0 radical (unpaired) electrons. The second kappa shape index (κ2) is 5.49. The maximum Gasteiger partial charge on any atom is 0.0297 e. The summed E-state index contributed by atoms with van der Waals surface area (Å²) < 4.78 is 0. The highest BCUT2D eigenvalue weighted by Crippen LogP contribution is 2.33. The smallest absolute Gasteiger partial charge is 0.0297 e. The highest BCUT2D eigenvalue weighted by Gasteiger charge is 2.20. The molecule has 1 atom stereocenters. The molecular weight excluding hydrogens is 194 g/mol. The lowest BCUT2D eigenvalue weighted by molar-refractivity contribution is 0.265. The number of nitrogens with two attached hydrogens (primary N) is 1. The third-order valence-corrected chi connectivity index (χ3v) is 3.95. The van der Waals surface area contributed by atoms with Crippen molar-refractivity contribution in [3.63, 3.8) is 0 Å². The van der Waals surface area contributed by atoms with Crippen LogP contribution in [0.5, 0.6) is 0 Å². The van der Waals surface area contributed by atoms with Crippen molar-refractivity contribution in [1.29, 1.82) is 0 Å². The predicted molar refractivity (Wildman–Crippen MR) is 69.1 cm³/mol. The minimum Gasteiger partial charge on any atom is -0.324 e. The van der Waals surface area contributed by atoms with Gasteiger partial charge in [0.2, 0.25) is 0 Å². The van der Waals surface area contributed by atoms with Crippen LogP contribution in [-0.4, -0.2) is 0 Å². The molecular formula is C15H23N. The fraction of sp³-hybridized carbons (Fsp3) is 0.600. The van der Waals surface area contributed by atoms with Gasteiger partial charge in [0.1, 0.15) is 0 Å². The molecule has 88 valence electrons. The van der Waals surface area contributed by atoms with Crippen LogP contribution in [0.2, 0.25) is 0 Å². The van der Waals surface area contributed by atoms with Crippen molar-refractivity contribution in [2.45, 2.75) is 45.1 Å². The molecule has 0 saturated heterocycles. The monoisotopic (exact) mass is 217 g/mol. The summed E-state index contributed by atoms with van der Waals surface area (Å²) in [4.78, 5) is 0. The Kier molecular flexibility index (Phi) is 4.00. The Bertz CT molecular complexity index is 298. The first kappa shape index (κ1) is 11.7. The van der Waals surface area contributed by atoms with Gasteiger partial charge in [0.05, 0.1) is 0 Å². The van der Waals surface area contributed by atoms with Gasteiger partial charge >= 0.3 is 0 Å². The SMILES string of the molecule is CC1CCC(CC(N)c2ccccc2)CC1. The van der Waals surface area contributed by atoms with Gasteiger partial charge in [-0.15, -0.1) is 0 Å². The largest absolute Gasteiger partial charge is 0.324 e. The molecule has 1 aromatic rings. The molecule has 0 amide bonds. The minimum absolute atomic E-state index is 0.236. The van der Waals surface area contributed by atoms with Crippen LogP contribution in [0.1, 0.15) is 50.6 Å².